The van der Waals surface area contributed by atoms with E-state index in [1.54, 1.807) is 24.3 Å². The summed E-state index contributed by atoms with van der Waals surface area (Å²) in [4.78, 5) is 31.6. The molecule has 3 amide bonds. The fourth-order valence-electron chi connectivity index (χ4n) is 3.33. The molecular weight excluding hydrogens is 470 g/mol. The number of hydrogen-bond donors (Lipinski definition) is 3. The van der Waals surface area contributed by atoms with Gasteiger partial charge in [-0.2, -0.15) is 0 Å². The second-order valence-electron chi connectivity index (χ2n) is 7.96. The molecule has 0 bridgehead atoms. The molecule has 0 unspecified atom stereocenters. The van der Waals surface area contributed by atoms with Crippen LogP contribution in [0.1, 0.15) is 21.5 Å². The Morgan fingerprint density at radius 2 is 1.79 bits per heavy atom. The number of nitrogens with zero attached hydrogens (tertiary/aromatic N) is 2. The van der Waals surface area contributed by atoms with E-state index in [2.05, 4.69) is 20.9 Å². The first kappa shape index (κ1) is 23.5. The minimum Gasteiger partial charge on any atom is -0.378 e. The van der Waals surface area contributed by atoms with Crippen LogP contribution in [0.15, 0.2) is 60.7 Å². The smallest absolute Gasteiger partial charge is 0.321 e. The minimum atomic E-state index is -0.345. The molecule has 0 atom stereocenters. The summed E-state index contributed by atoms with van der Waals surface area (Å²) in [6.45, 7) is 2.28. The second-order valence-corrected chi connectivity index (χ2v) is 9.39. The summed E-state index contributed by atoms with van der Waals surface area (Å²) in [5.74, 6) is -0.265. The molecule has 1 aromatic heterocycles. The monoisotopic (exact) mass is 493 g/mol. The van der Waals surface area contributed by atoms with E-state index in [1.807, 2.05) is 62.3 Å². The summed E-state index contributed by atoms with van der Waals surface area (Å²) < 4.78 is 0.790. The van der Waals surface area contributed by atoms with E-state index in [0.717, 1.165) is 21.5 Å². The lowest BCUT2D eigenvalue weighted by molar-refractivity contribution is 0.102. The maximum atomic E-state index is 12.8. The second kappa shape index (κ2) is 10.1. The Balaban J connectivity index is 1.39. The summed E-state index contributed by atoms with van der Waals surface area (Å²) >= 11 is 7.52. The Bertz CT molecular complexity index is 1330. The Morgan fingerprint density at radius 3 is 2.50 bits per heavy atom. The number of thiazole rings is 1. The van der Waals surface area contributed by atoms with Crippen molar-refractivity contribution in [1.29, 1.82) is 0 Å². The number of benzene rings is 3. The molecule has 0 spiro atoms. The molecule has 0 saturated carbocycles. The largest absolute Gasteiger partial charge is 0.378 e. The number of para-hydroxylation sites is 1. The number of halogens is 1. The predicted octanol–water partition coefficient (Wildman–Crippen LogP) is 5.90. The number of urea groups is 1. The van der Waals surface area contributed by atoms with Crippen LogP contribution in [0.5, 0.6) is 0 Å². The number of anilines is 3. The number of rotatable bonds is 6. The Kier molecular flexibility index (Phi) is 7.00. The molecule has 0 fully saturated rings. The molecule has 34 heavy (non-hydrogen) atoms. The molecule has 4 rings (SSSR count). The van der Waals surface area contributed by atoms with Crippen molar-refractivity contribution in [1.82, 2.24) is 10.3 Å². The molecule has 0 aliphatic heterocycles. The van der Waals surface area contributed by atoms with Crippen LogP contribution in [0.2, 0.25) is 5.02 Å². The average molecular weight is 494 g/mol. The van der Waals surface area contributed by atoms with E-state index in [9.17, 15) is 9.59 Å². The SMILES string of the molecule is Cc1cccc(Cl)c1NC(=O)c1ccc2nc(NC(=O)NCc3ccc(N(C)C)cc3)sc2c1. The topological polar surface area (TPSA) is 86.4 Å². The molecule has 174 valence electrons. The van der Waals surface area contributed by atoms with Crippen molar-refractivity contribution in [3.05, 3.63) is 82.4 Å². The third-order valence-electron chi connectivity index (χ3n) is 5.24. The van der Waals surface area contributed by atoms with Crippen LogP contribution in [0, 0.1) is 6.92 Å². The van der Waals surface area contributed by atoms with Crippen molar-refractivity contribution in [3.63, 3.8) is 0 Å². The average Bonchev–Trinajstić information content (AvgIpc) is 3.21. The first-order valence-electron chi connectivity index (χ1n) is 10.6. The molecule has 1 heterocycles. The zero-order valence-corrected chi connectivity index (χ0v) is 20.6. The highest BCUT2D eigenvalue weighted by Crippen LogP contribution is 2.29. The Hall–Kier alpha value is -3.62. The molecule has 0 aliphatic rings. The molecule has 0 saturated heterocycles. The molecule has 0 aliphatic carbocycles. The van der Waals surface area contributed by atoms with Crippen LogP contribution in [0.3, 0.4) is 0 Å². The Labute approximate surface area is 206 Å². The number of fused-ring (bicyclic) bond motifs is 1. The van der Waals surface area contributed by atoms with Crippen LogP contribution in [0.4, 0.5) is 21.3 Å². The lowest BCUT2D eigenvalue weighted by Gasteiger charge is -2.12. The number of amides is 3. The molecule has 4 aromatic rings. The fraction of sp³-hybridized carbons (Fsp3) is 0.160. The van der Waals surface area contributed by atoms with Crippen LogP contribution >= 0.6 is 22.9 Å². The zero-order chi connectivity index (χ0) is 24.2. The van der Waals surface area contributed by atoms with Crippen molar-refractivity contribution < 1.29 is 9.59 Å². The predicted molar refractivity (Wildman–Crippen MR) is 140 cm³/mol. The van der Waals surface area contributed by atoms with Gasteiger partial charge >= 0.3 is 6.03 Å². The van der Waals surface area contributed by atoms with Crippen LogP contribution in [0.25, 0.3) is 10.2 Å². The lowest BCUT2D eigenvalue weighted by atomic mass is 10.1. The quantitative estimate of drug-likeness (QED) is 0.312. The summed E-state index contributed by atoms with van der Waals surface area (Å²) in [6.07, 6.45) is 0. The highest BCUT2D eigenvalue weighted by molar-refractivity contribution is 7.22. The van der Waals surface area contributed by atoms with Gasteiger partial charge in [-0.05, 0) is 54.4 Å². The van der Waals surface area contributed by atoms with E-state index in [0.29, 0.717) is 33.5 Å². The fourth-order valence-corrected chi connectivity index (χ4v) is 4.50. The van der Waals surface area contributed by atoms with Gasteiger partial charge in [-0.15, -0.1) is 0 Å². The number of carbonyl (C=O) groups is 2. The third kappa shape index (κ3) is 5.47. The van der Waals surface area contributed by atoms with E-state index in [1.165, 1.54) is 11.3 Å². The maximum absolute atomic E-state index is 12.8. The van der Waals surface area contributed by atoms with Gasteiger partial charge in [0.15, 0.2) is 5.13 Å². The van der Waals surface area contributed by atoms with Crippen LogP contribution in [-0.4, -0.2) is 31.0 Å². The molecular formula is C25H24ClN5O2S. The van der Waals surface area contributed by atoms with E-state index in [4.69, 9.17) is 11.6 Å². The number of nitrogens with one attached hydrogen (secondary N) is 3. The normalized spacial score (nSPS) is 10.7. The summed E-state index contributed by atoms with van der Waals surface area (Å²) in [5, 5.41) is 9.41. The first-order chi connectivity index (χ1) is 16.3. The van der Waals surface area contributed by atoms with Crippen molar-refractivity contribution in [2.45, 2.75) is 13.5 Å². The van der Waals surface area contributed by atoms with E-state index in [-0.39, 0.29) is 11.9 Å². The number of aryl methyl sites for hydroxylation is 1. The van der Waals surface area contributed by atoms with Gasteiger partial charge in [0, 0.05) is 31.9 Å². The zero-order valence-electron chi connectivity index (χ0n) is 19.0. The van der Waals surface area contributed by atoms with Gasteiger partial charge in [0.1, 0.15) is 0 Å². The number of hydrogen-bond acceptors (Lipinski definition) is 5. The van der Waals surface area contributed by atoms with Crippen molar-refractivity contribution in [2.75, 3.05) is 29.6 Å². The van der Waals surface area contributed by atoms with Gasteiger partial charge in [0.05, 0.1) is 20.9 Å². The molecule has 7 nitrogen and oxygen atoms in total. The maximum Gasteiger partial charge on any atom is 0.321 e. The highest BCUT2D eigenvalue weighted by Gasteiger charge is 2.13. The molecule has 3 N–H and O–H groups in total. The number of aromatic nitrogens is 1. The lowest BCUT2D eigenvalue weighted by Crippen LogP contribution is -2.28. The summed E-state index contributed by atoms with van der Waals surface area (Å²) in [7, 11) is 3.96. The van der Waals surface area contributed by atoms with Crippen LogP contribution in [-0.2, 0) is 6.54 Å². The van der Waals surface area contributed by atoms with Gasteiger partial charge in [-0.3, -0.25) is 10.1 Å². The van der Waals surface area contributed by atoms with E-state index >= 15 is 0 Å². The summed E-state index contributed by atoms with van der Waals surface area (Å²) in [6, 6.07) is 18.3. The third-order valence-corrected chi connectivity index (χ3v) is 6.49. The molecule has 3 aromatic carbocycles. The molecule has 9 heteroatoms. The van der Waals surface area contributed by atoms with Gasteiger partial charge in [0.2, 0.25) is 0 Å². The van der Waals surface area contributed by atoms with Gasteiger partial charge in [-0.25, -0.2) is 9.78 Å². The van der Waals surface area contributed by atoms with Gasteiger partial charge in [-0.1, -0.05) is 47.2 Å². The van der Waals surface area contributed by atoms with Crippen molar-refractivity contribution in [3.8, 4) is 0 Å². The van der Waals surface area contributed by atoms with Crippen molar-refractivity contribution in [2.24, 2.45) is 0 Å². The highest BCUT2D eigenvalue weighted by atomic mass is 35.5. The van der Waals surface area contributed by atoms with Crippen molar-refractivity contribution >= 4 is 61.6 Å². The van der Waals surface area contributed by atoms with Gasteiger partial charge < -0.3 is 15.5 Å². The Morgan fingerprint density at radius 1 is 1.03 bits per heavy atom. The molecule has 0 radical (unpaired) electrons. The standard InChI is InChI=1S/C25H24ClN5O2S/c1-15-5-4-6-19(26)22(15)29-23(32)17-9-12-20-21(13-17)34-25(28-20)30-24(33)27-14-16-7-10-18(11-8-16)31(2)3/h4-13H,14H2,1-3H3,(H,29,32)(H2,27,28,30,33). The minimum absolute atomic E-state index is 0.265. The van der Waals surface area contributed by atoms with Crippen LogP contribution < -0.4 is 20.9 Å². The number of carbonyl (C=O) groups excluding carboxylic acids is 2. The van der Waals surface area contributed by atoms with Gasteiger partial charge in [0.25, 0.3) is 5.91 Å². The summed E-state index contributed by atoms with van der Waals surface area (Å²) in [5.41, 5.74) is 4.74. The van der Waals surface area contributed by atoms with E-state index < -0.39 is 0 Å². The first-order valence-corrected chi connectivity index (χ1v) is 11.8.